The third kappa shape index (κ3) is 3.76. The molecule has 2 rings (SSSR count). The summed E-state index contributed by atoms with van der Waals surface area (Å²) in [4.78, 5) is 22.3. The molecule has 7 heteroatoms. The van der Waals surface area contributed by atoms with Crippen LogP contribution in [0.1, 0.15) is 48.5 Å². The van der Waals surface area contributed by atoms with Gasteiger partial charge in [0.05, 0.1) is 5.02 Å². The Morgan fingerprint density at radius 1 is 1.35 bits per heavy atom. The van der Waals surface area contributed by atoms with Crippen molar-refractivity contribution in [2.75, 3.05) is 6.61 Å². The van der Waals surface area contributed by atoms with Crippen LogP contribution in [0.4, 0.5) is 0 Å². The van der Waals surface area contributed by atoms with E-state index in [0.29, 0.717) is 24.0 Å². The van der Waals surface area contributed by atoms with E-state index >= 15 is 0 Å². The van der Waals surface area contributed by atoms with Crippen molar-refractivity contribution in [1.29, 1.82) is 0 Å². The van der Waals surface area contributed by atoms with Gasteiger partial charge in [-0.2, -0.15) is 0 Å². The number of alkyl halides is 1. The number of carbonyl (C=O) groups excluding carboxylic acids is 1. The van der Waals surface area contributed by atoms with Crippen molar-refractivity contribution in [2.45, 2.75) is 43.9 Å². The van der Waals surface area contributed by atoms with Gasteiger partial charge >= 0.3 is 5.97 Å². The summed E-state index contributed by atoms with van der Waals surface area (Å²) in [5.74, 6) is -1.19. The minimum absolute atomic E-state index is 0.0366. The second-order valence-electron chi connectivity index (χ2n) is 5.65. The predicted octanol–water partition coefficient (Wildman–Crippen LogP) is 4.75. The van der Waals surface area contributed by atoms with Crippen molar-refractivity contribution in [1.82, 2.24) is 0 Å². The van der Waals surface area contributed by atoms with E-state index in [0.717, 1.165) is 19.3 Å². The summed E-state index contributed by atoms with van der Waals surface area (Å²) in [5.41, 5.74) is 0.974. The van der Waals surface area contributed by atoms with Gasteiger partial charge in [0, 0.05) is 5.56 Å². The van der Waals surface area contributed by atoms with E-state index in [9.17, 15) is 9.59 Å². The maximum atomic E-state index is 12.7. The molecule has 0 spiro atoms. The lowest BCUT2D eigenvalue weighted by Crippen LogP contribution is -2.29. The maximum Gasteiger partial charge on any atom is 0.341 e. The van der Waals surface area contributed by atoms with Gasteiger partial charge in [-0.3, -0.25) is 4.79 Å². The third-order valence-electron chi connectivity index (χ3n) is 3.89. The summed E-state index contributed by atoms with van der Waals surface area (Å²) in [6, 6.07) is 1.56. The average molecular weight is 380 g/mol. The van der Waals surface area contributed by atoms with Crippen LogP contribution in [-0.4, -0.2) is 28.3 Å². The first-order valence-corrected chi connectivity index (χ1v) is 8.52. The van der Waals surface area contributed by atoms with E-state index in [1.54, 1.807) is 6.07 Å². The number of carboxylic acids is 1. The Morgan fingerprint density at radius 3 is 2.65 bits per heavy atom. The van der Waals surface area contributed by atoms with Crippen molar-refractivity contribution >= 4 is 46.6 Å². The SMILES string of the molecule is CCCCCC1(Cl)Cc2cc(OCC(=O)O)c(Cl)c(Cl)c2C1=O. The van der Waals surface area contributed by atoms with Gasteiger partial charge in [-0.25, -0.2) is 4.79 Å². The summed E-state index contributed by atoms with van der Waals surface area (Å²) < 4.78 is 5.14. The fourth-order valence-electron chi connectivity index (χ4n) is 2.75. The third-order valence-corrected chi connectivity index (χ3v) is 5.23. The first-order valence-electron chi connectivity index (χ1n) is 7.39. The topological polar surface area (TPSA) is 63.6 Å². The maximum absolute atomic E-state index is 12.7. The zero-order chi connectivity index (χ0) is 17.2. The minimum atomic E-state index is -1.12. The molecule has 1 unspecified atom stereocenters. The number of rotatable bonds is 7. The molecule has 4 nitrogen and oxygen atoms in total. The molecule has 1 aromatic rings. The molecule has 1 atom stereocenters. The highest BCUT2D eigenvalue weighted by Crippen LogP contribution is 2.46. The van der Waals surface area contributed by atoms with Crippen LogP contribution in [0.25, 0.3) is 0 Å². The number of unbranched alkanes of at least 4 members (excludes halogenated alkanes) is 2. The van der Waals surface area contributed by atoms with Crippen LogP contribution >= 0.6 is 34.8 Å². The molecular weight excluding hydrogens is 363 g/mol. The number of halogens is 3. The standard InChI is InChI=1S/C16H17Cl3O4/c1-2-3-4-5-16(19)7-9-6-10(23-8-11(20)21)13(17)14(18)12(9)15(16)22/h6H,2-5,7-8H2,1H3,(H,20,21). The molecule has 126 valence electrons. The van der Waals surface area contributed by atoms with Gasteiger partial charge in [-0.05, 0) is 24.5 Å². The van der Waals surface area contributed by atoms with Crippen LogP contribution in [0.5, 0.6) is 5.75 Å². The lowest BCUT2D eigenvalue weighted by atomic mass is 9.96. The molecule has 0 bridgehead atoms. The van der Waals surface area contributed by atoms with Crippen molar-refractivity contribution < 1.29 is 19.4 Å². The first-order chi connectivity index (χ1) is 10.8. The number of carboxylic acid groups (broad SMARTS) is 1. The molecule has 0 saturated heterocycles. The van der Waals surface area contributed by atoms with Crippen LogP contribution in [0.3, 0.4) is 0 Å². The Bertz CT molecular complexity index is 645. The lowest BCUT2D eigenvalue weighted by Gasteiger charge is -2.18. The summed E-state index contributed by atoms with van der Waals surface area (Å²) in [5, 5.41) is 8.81. The van der Waals surface area contributed by atoms with Crippen molar-refractivity contribution in [2.24, 2.45) is 0 Å². The Hall–Kier alpha value is -0.970. The highest BCUT2D eigenvalue weighted by Gasteiger charge is 2.45. The number of carbonyl (C=O) groups is 2. The molecule has 1 aliphatic carbocycles. The number of aliphatic carboxylic acids is 1. The molecular formula is C16H17Cl3O4. The largest absolute Gasteiger partial charge is 0.480 e. The molecule has 1 aliphatic rings. The second-order valence-corrected chi connectivity index (χ2v) is 7.13. The smallest absolute Gasteiger partial charge is 0.341 e. The van der Waals surface area contributed by atoms with Gasteiger partial charge in [0.15, 0.2) is 12.4 Å². The van der Waals surface area contributed by atoms with Gasteiger partial charge in [0.1, 0.15) is 15.6 Å². The van der Waals surface area contributed by atoms with E-state index in [4.69, 9.17) is 44.6 Å². The normalized spacial score (nSPS) is 19.7. The number of fused-ring (bicyclic) bond motifs is 1. The lowest BCUT2D eigenvalue weighted by molar-refractivity contribution is -0.139. The Balaban J connectivity index is 2.30. The molecule has 0 saturated carbocycles. The van der Waals surface area contributed by atoms with E-state index in [1.807, 2.05) is 0 Å². The molecule has 23 heavy (non-hydrogen) atoms. The Morgan fingerprint density at radius 2 is 2.04 bits per heavy atom. The minimum Gasteiger partial charge on any atom is -0.480 e. The van der Waals surface area contributed by atoms with E-state index in [2.05, 4.69) is 6.92 Å². The molecule has 0 heterocycles. The number of Topliss-reactive ketones (excluding diaryl/α,β-unsaturated/α-hetero) is 1. The molecule has 0 aromatic heterocycles. The number of ketones is 1. The van der Waals surface area contributed by atoms with Crippen LogP contribution in [0, 0.1) is 0 Å². The number of hydrogen-bond donors (Lipinski definition) is 1. The van der Waals surface area contributed by atoms with E-state index in [1.165, 1.54) is 0 Å². The van der Waals surface area contributed by atoms with E-state index in [-0.39, 0.29) is 21.6 Å². The fraction of sp³-hybridized carbons (Fsp3) is 0.500. The van der Waals surface area contributed by atoms with Crippen molar-refractivity contribution in [3.63, 3.8) is 0 Å². The van der Waals surface area contributed by atoms with Gasteiger partial charge in [0.2, 0.25) is 0 Å². The molecule has 0 fully saturated rings. The Labute approximate surface area is 149 Å². The van der Waals surface area contributed by atoms with Gasteiger partial charge in [0.25, 0.3) is 0 Å². The van der Waals surface area contributed by atoms with Gasteiger partial charge in [-0.15, -0.1) is 11.6 Å². The summed E-state index contributed by atoms with van der Waals surface area (Å²) in [6.07, 6.45) is 3.79. The Kier molecular flexibility index (Phi) is 5.82. The highest BCUT2D eigenvalue weighted by molar-refractivity contribution is 6.48. The second kappa shape index (κ2) is 7.29. The number of ether oxygens (including phenoxy) is 1. The average Bonchev–Trinajstić information content (AvgIpc) is 2.73. The predicted molar refractivity (Wildman–Crippen MR) is 90.4 cm³/mol. The van der Waals surface area contributed by atoms with Crippen LogP contribution in [0.2, 0.25) is 10.0 Å². The fourth-order valence-corrected chi connectivity index (χ4v) is 3.62. The summed E-state index contributed by atoms with van der Waals surface area (Å²) in [6.45, 7) is 1.54. The zero-order valence-electron chi connectivity index (χ0n) is 12.6. The molecule has 0 radical (unpaired) electrons. The molecule has 0 amide bonds. The zero-order valence-corrected chi connectivity index (χ0v) is 14.9. The van der Waals surface area contributed by atoms with Crippen LogP contribution in [-0.2, 0) is 11.2 Å². The van der Waals surface area contributed by atoms with E-state index < -0.39 is 17.5 Å². The van der Waals surface area contributed by atoms with Gasteiger partial charge in [-0.1, -0.05) is 49.4 Å². The number of hydrogen-bond acceptors (Lipinski definition) is 3. The molecule has 1 N–H and O–H groups in total. The monoisotopic (exact) mass is 378 g/mol. The van der Waals surface area contributed by atoms with Gasteiger partial charge < -0.3 is 9.84 Å². The number of benzene rings is 1. The quantitative estimate of drug-likeness (QED) is 0.548. The van der Waals surface area contributed by atoms with Crippen molar-refractivity contribution in [3.8, 4) is 5.75 Å². The summed E-state index contributed by atoms with van der Waals surface area (Å²) >= 11 is 18.8. The van der Waals surface area contributed by atoms with Crippen molar-refractivity contribution in [3.05, 3.63) is 27.2 Å². The van der Waals surface area contributed by atoms with Crippen LogP contribution in [0.15, 0.2) is 6.07 Å². The molecule has 1 aromatic carbocycles. The van der Waals surface area contributed by atoms with Crippen LogP contribution < -0.4 is 4.74 Å². The molecule has 0 aliphatic heterocycles. The summed E-state index contributed by atoms with van der Waals surface area (Å²) in [7, 11) is 0. The highest BCUT2D eigenvalue weighted by atomic mass is 35.5. The first kappa shape index (κ1) is 18.4.